The highest BCUT2D eigenvalue weighted by atomic mass is 16.5. The van der Waals surface area contributed by atoms with Gasteiger partial charge in [-0.25, -0.2) is 0 Å². The zero-order valence-corrected chi connectivity index (χ0v) is 10.9. The van der Waals surface area contributed by atoms with Gasteiger partial charge in [-0.3, -0.25) is 0 Å². The minimum absolute atomic E-state index is 0.522. The molecule has 0 amide bonds. The molecule has 1 aromatic rings. The lowest BCUT2D eigenvalue weighted by Gasteiger charge is -2.10. The van der Waals surface area contributed by atoms with Crippen molar-refractivity contribution in [3.8, 4) is 0 Å². The van der Waals surface area contributed by atoms with Crippen LogP contribution in [0.5, 0.6) is 0 Å². The summed E-state index contributed by atoms with van der Waals surface area (Å²) in [4.78, 5) is 0. The first-order chi connectivity index (χ1) is 8.13. The van der Waals surface area contributed by atoms with E-state index in [1.165, 1.54) is 0 Å². The average Bonchev–Trinajstić information content (AvgIpc) is 2.28. The van der Waals surface area contributed by atoms with Crippen molar-refractivity contribution in [2.75, 3.05) is 30.8 Å². The van der Waals surface area contributed by atoms with Gasteiger partial charge in [0.05, 0.1) is 6.61 Å². The van der Waals surface area contributed by atoms with Gasteiger partial charge in [-0.2, -0.15) is 0 Å². The molecule has 0 atom stereocenters. The number of ether oxygens (including phenoxy) is 1. The molecule has 0 saturated carbocycles. The van der Waals surface area contributed by atoms with Gasteiger partial charge in [0.15, 0.2) is 0 Å². The second-order valence-electron chi connectivity index (χ2n) is 4.36. The maximum Gasteiger partial charge on any atom is 0.149 e. The Morgan fingerprint density at radius 2 is 2.18 bits per heavy atom. The number of nitrogen functional groups attached to an aromatic ring is 1. The fraction of sp³-hybridized carbons (Fsp3) is 0.667. The highest BCUT2D eigenvalue weighted by Gasteiger charge is 2.06. The number of nitrogens with one attached hydrogen (secondary N) is 1. The average molecular weight is 238 g/mol. The summed E-state index contributed by atoms with van der Waals surface area (Å²) in [5, 5.41) is 11.1. The fourth-order valence-electron chi connectivity index (χ4n) is 1.53. The van der Waals surface area contributed by atoms with Crippen molar-refractivity contribution in [1.82, 2.24) is 10.2 Å². The molecule has 5 heteroatoms. The maximum absolute atomic E-state index is 5.79. The van der Waals surface area contributed by atoms with Gasteiger partial charge in [0.1, 0.15) is 11.6 Å². The van der Waals surface area contributed by atoms with Crippen LogP contribution in [0.3, 0.4) is 0 Å². The monoisotopic (exact) mass is 238 g/mol. The van der Waals surface area contributed by atoms with Crippen LogP contribution in [0.2, 0.25) is 0 Å². The van der Waals surface area contributed by atoms with Crippen LogP contribution >= 0.6 is 0 Å². The molecule has 3 N–H and O–H groups in total. The Kier molecular flexibility index (Phi) is 5.69. The number of hydrogen-bond acceptors (Lipinski definition) is 5. The molecule has 0 aliphatic carbocycles. The Hall–Kier alpha value is -1.36. The smallest absolute Gasteiger partial charge is 0.149 e. The first-order valence-electron chi connectivity index (χ1n) is 6.07. The molecule has 5 nitrogen and oxygen atoms in total. The van der Waals surface area contributed by atoms with Crippen molar-refractivity contribution in [1.29, 1.82) is 0 Å². The summed E-state index contributed by atoms with van der Waals surface area (Å²) in [7, 11) is 0. The van der Waals surface area contributed by atoms with Crippen molar-refractivity contribution in [2.45, 2.75) is 27.2 Å². The molecule has 0 saturated heterocycles. The number of hydrogen-bond donors (Lipinski definition) is 2. The standard InChI is InChI=1S/C12H22N4O/c1-4-17-6-5-14-11-8-10(7-9(2)3)12(13)16-15-11/h8-9H,4-7H2,1-3H3,(H2,13,16)(H,14,15). The van der Waals surface area contributed by atoms with Gasteiger partial charge in [-0.1, -0.05) is 13.8 Å². The lowest BCUT2D eigenvalue weighted by Crippen LogP contribution is -2.12. The lowest BCUT2D eigenvalue weighted by atomic mass is 10.0. The van der Waals surface area contributed by atoms with Gasteiger partial charge >= 0.3 is 0 Å². The van der Waals surface area contributed by atoms with E-state index in [0.29, 0.717) is 18.3 Å². The van der Waals surface area contributed by atoms with Crippen LogP contribution in [0.1, 0.15) is 26.3 Å². The molecule has 0 aliphatic rings. The Morgan fingerprint density at radius 1 is 1.41 bits per heavy atom. The van der Waals surface area contributed by atoms with E-state index in [1.54, 1.807) is 0 Å². The van der Waals surface area contributed by atoms with Gasteiger partial charge in [0.25, 0.3) is 0 Å². The summed E-state index contributed by atoms with van der Waals surface area (Å²) in [5.41, 5.74) is 6.84. The predicted octanol–water partition coefficient (Wildman–Crippen LogP) is 1.71. The molecule has 17 heavy (non-hydrogen) atoms. The molecule has 1 rings (SSSR count). The number of rotatable bonds is 7. The summed E-state index contributed by atoms with van der Waals surface area (Å²) < 4.78 is 5.24. The van der Waals surface area contributed by atoms with Crippen LogP contribution in [0.15, 0.2) is 6.07 Å². The Balaban J connectivity index is 2.55. The molecule has 0 fully saturated rings. The van der Waals surface area contributed by atoms with E-state index in [4.69, 9.17) is 10.5 Å². The second kappa shape index (κ2) is 7.06. The normalized spacial score (nSPS) is 10.8. The summed E-state index contributed by atoms with van der Waals surface area (Å²) in [6, 6.07) is 1.97. The van der Waals surface area contributed by atoms with E-state index in [2.05, 4.69) is 29.4 Å². The third kappa shape index (κ3) is 4.99. The lowest BCUT2D eigenvalue weighted by molar-refractivity contribution is 0.158. The minimum Gasteiger partial charge on any atom is -0.382 e. The third-order valence-corrected chi connectivity index (χ3v) is 2.29. The Bertz CT molecular complexity index is 341. The van der Waals surface area contributed by atoms with Gasteiger partial charge in [-0.05, 0) is 25.3 Å². The van der Waals surface area contributed by atoms with Crippen LogP contribution in [-0.2, 0) is 11.2 Å². The zero-order valence-electron chi connectivity index (χ0n) is 10.9. The topological polar surface area (TPSA) is 73.1 Å². The first-order valence-corrected chi connectivity index (χ1v) is 6.07. The summed E-state index contributed by atoms with van der Waals surface area (Å²) in [5.74, 6) is 1.83. The maximum atomic E-state index is 5.79. The predicted molar refractivity (Wildman–Crippen MR) is 70.0 cm³/mol. The molecule has 96 valence electrons. The fourth-order valence-corrected chi connectivity index (χ4v) is 1.53. The van der Waals surface area contributed by atoms with Crippen molar-refractivity contribution >= 4 is 11.6 Å². The second-order valence-corrected chi connectivity index (χ2v) is 4.36. The molecule has 0 aromatic carbocycles. The Morgan fingerprint density at radius 3 is 2.82 bits per heavy atom. The van der Waals surface area contributed by atoms with Crippen molar-refractivity contribution in [3.63, 3.8) is 0 Å². The van der Waals surface area contributed by atoms with Gasteiger partial charge < -0.3 is 15.8 Å². The minimum atomic E-state index is 0.522. The number of anilines is 2. The van der Waals surface area contributed by atoms with Crippen LogP contribution in [-0.4, -0.2) is 30.0 Å². The molecule has 0 unspecified atom stereocenters. The van der Waals surface area contributed by atoms with Crippen molar-refractivity contribution < 1.29 is 4.74 Å². The third-order valence-electron chi connectivity index (χ3n) is 2.29. The zero-order chi connectivity index (χ0) is 12.7. The molecule has 0 radical (unpaired) electrons. The molecule has 0 aliphatic heterocycles. The molecular weight excluding hydrogens is 216 g/mol. The van der Waals surface area contributed by atoms with Crippen molar-refractivity contribution in [2.24, 2.45) is 5.92 Å². The van der Waals surface area contributed by atoms with E-state index in [9.17, 15) is 0 Å². The first kappa shape index (κ1) is 13.7. The van der Waals surface area contributed by atoms with E-state index in [0.717, 1.165) is 31.0 Å². The SMILES string of the molecule is CCOCCNc1cc(CC(C)C)c(N)nn1. The summed E-state index contributed by atoms with van der Waals surface area (Å²) >= 11 is 0. The molecular formula is C12H22N4O. The molecule has 1 heterocycles. The molecule has 0 spiro atoms. The van der Waals surface area contributed by atoms with E-state index >= 15 is 0 Å². The van der Waals surface area contributed by atoms with Gasteiger partial charge in [0.2, 0.25) is 0 Å². The summed E-state index contributed by atoms with van der Waals surface area (Å²) in [6.45, 7) is 8.41. The largest absolute Gasteiger partial charge is 0.382 e. The Labute approximate surface area is 103 Å². The van der Waals surface area contributed by atoms with Crippen LogP contribution in [0, 0.1) is 5.92 Å². The van der Waals surface area contributed by atoms with Crippen LogP contribution in [0.25, 0.3) is 0 Å². The van der Waals surface area contributed by atoms with E-state index in [1.807, 2.05) is 13.0 Å². The molecule has 1 aromatic heterocycles. The summed E-state index contributed by atoms with van der Waals surface area (Å²) in [6.07, 6.45) is 0.918. The van der Waals surface area contributed by atoms with E-state index < -0.39 is 0 Å². The number of nitrogens with zero attached hydrogens (tertiary/aromatic N) is 2. The van der Waals surface area contributed by atoms with Crippen LogP contribution < -0.4 is 11.1 Å². The van der Waals surface area contributed by atoms with Crippen LogP contribution in [0.4, 0.5) is 11.6 Å². The molecule has 0 bridgehead atoms. The van der Waals surface area contributed by atoms with E-state index in [-0.39, 0.29) is 0 Å². The highest BCUT2D eigenvalue weighted by Crippen LogP contribution is 2.16. The number of aromatic nitrogens is 2. The quantitative estimate of drug-likeness (QED) is 0.707. The van der Waals surface area contributed by atoms with Crippen molar-refractivity contribution in [3.05, 3.63) is 11.6 Å². The highest BCUT2D eigenvalue weighted by molar-refractivity contribution is 5.46. The van der Waals surface area contributed by atoms with Gasteiger partial charge in [0, 0.05) is 18.7 Å². The number of nitrogens with two attached hydrogens (primary N) is 1. The van der Waals surface area contributed by atoms with Gasteiger partial charge in [-0.15, -0.1) is 10.2 Å².